The Bertz CT molecular complexity index is 578. The third-order valence-corrected chi connectivity index (χ3v) is 3.15. The maximum absolute atomic E-state index is 12.1. The molecule has 0 unspecified atom stereocenters. The molecule has 0 aliphatic carbocycles. The number of fused-ring (bicyclic) bond motifs is 1. The number of carbonyl (C=O) groups is 1. The van der Waals surface area contributed by atoms with Crippen molar-refractivity contribution < 1.29 is 9.90 Å². The van der Waals surface area contributed by atoms with Crippen LogP contribution >= 0.6 is 0 Å². The number of H-pyrrole nitrogens is 1. The van der Waals surface area contributed by atoms with Crippen molar-refractivity contribution in [3.05, 3.63) is 36.0 Å². The normalized spacial score (nSPS) is 18.1. The molecule has 1 amide bonds. The van der Waals surface area contributed by atoms with Crippen molar-refractivity contribution in [3.63, 3.8) is 0 Å². The second-order valence-corrected chi connectivity index (χ2v) is 4.94. The Morgan fingerprint density at radius 2 is 2.18 bits per heavy atom. The van der Waals surface area contributed by atoms with E-state index in [0.29, 0.717) is 18.7 Å². The number of carbonyl (C=O) groups excluding carboxylic acids is 1. The van der Waals surface area contributed by atoms with Crippen LogP contribution < -0.4 is 0 Å². The van der Waals surface area contributed by atoms with Gasteiger partial charge in [0.1, 0.15) is 0 Å². The summed E-state index contributed by atoms with van der Waals surface area (Å²) in [6.45, 7) is 2.56. The van der Waals surface area contributed by atoms with E-state index in [1.807, 2.05) is 30.5 Å². The first-order chi connectivity index (χ1) is 8.05. The van der Waals surface area contributed by atoms with E-state index in [1.54, 1.807) is 11.8 Å². The monoisotopic (exact) mass is 230 g/mol. The number of amides is 1. The highest BCUT2D eigenvalue weighted by Crippen LogP contribution is 2.23. The van der Waals surface area contributed by atoms with Gasteiger partial charge in [-0.3, -0.25) is 4.79 Å². The van der Waals surface area contributed by atoms with Gasteiger partial charge < -0.3 is 15.0 Å². The average molecular weight is 230 g/mol. The first kappa shape index (κ1) is 10.4. The minimum absolute atomic E-state index is 0.0203. The van der Waals surface area contributed by atoms with Crippen molar-refractivity contribution in [2.24, 2.45) is 0 Å². The maximum Gasteiger partial charge on any atom is 0.254 e. The predicted octanol–water partition coefficient (Wildman–Crippen LogP) is 1.37. The van der Waals surface area contributed by atoms with Crippen LogP contribution in [0.4, 0.5) is 0 Å². The number of β-amino-alcohol motifs (C(OH)–C–C–N with tert-alkyl or cyclic N) is 1. The zero-order valence-corrected chi connectivity index (χ0v) is 9.60. The molecule has 1 aliphatic heterocycles. The number of hydrogen-bond donors (Lipinski definition) is 2. The number of aromatic amines is 1. The zero-order valence-electron chi connectivity index (χ0n) is 9.60. The van der Waals surface area contributed by atoms with Crippen LogP contribution in [-0.4, -0.2) is 39.6 Å². The molecule has 0 spiro atoms. The molecule has 1 aromatic heterocycles. The molecule has 17 heavy (non-hydrogen) atoms. The molecule has 88 valence electrons. The van der Waals surface area contributed by atoms with Crippen LogP contribution in [0.2, 0.25) is 0 Å². The Morgan fingerprint density at radius 1 is 1.41 bits per heavy atom. The van der Waals surface area contributed by atoms with Gasteiger partial charge in [0, 0.05) is 17.3 Å². The molecule has 1 fully saturated rings. The van der Waals surface area contributed by atoms with E-state index in [9.17, 15) is 9.90 Å². The Balaban J connectivity index is 1.86. The molecule has 0 atom stereocenters. The molecule has 1 aliphatic rings. The molecular formula is C13H14N2O2. The Labute approximate surface area is 98.9 Å². The van der Waals surface area contributed by atoms with Crippen LogP contribution in [0, 0.1) is 0 Å². The van der Waals surface area contributed by atoms with Gasteiger partial charge in [-0.2, -0.15) is 0 Å². The lowest BCUT2D eigenvalue weighted by molar-refractivity contribution is -0.0668. The molecule has 0 saturated carbocycles. The van der Waals surface area contributed by atoms with Gasteiger partial charge in [-0.25, -0.2) is 0 Å². The summed E-state index contributed by atoms with van der Waals surface area (Å²) < 4.78 is 0. The van der Waals surface area contributed by atoms with E-state index in [0.717, 1.165) is 10.9 Å². The van der Waals surface area contributed by atoms with Crippen molar-refractivity contribution in [1.82, 2.24) is 9.88 Å². The van der Waals surface area contributed by atoms with Gasteiger partial charge in [0.2, 0.25) is 0 Å². The van der Waals surface area contributed by atoms with E-state index in [2.05, 4.69) is 4.98 Å². The number of aromatic nitrogens is 1. The van der Waals surface area contributed by atoms with Gasteiger partial charge in [-0.1, -0.05) is 6.07 Å². The highest BCUT2D eigenvalue weighted by molar-refractivity contribution is 5.98. The molecule has 0 bridgehead atoms. The number of nitrogens with zero attached hydrogens (tertiary/aromatic N) is 1. The lowest BCUT2D eigenvalue weighted by Crippen LogP contribution is -2.61. The van der Waals surface area contributed by atoms with Crippen LogP contribution in [0.15, 0.2) is 30.5 Å². The topological polar surface area (TPSA) is 56.3 Å². The summed E-state index contributed by atoms with van der Waals surface area (Å²) in [5.74, 6) is -0.0203. The predicted molar refractivity (Wildman–Crippen MR) is 64.8 cm³/mol. The number of hydrogen-bond acceptors (Lipinski definition) is 2. The molecule has 1 aromatic carbocycles. The van der Waals surface area contributed by atoms with Crippen LogP contribution in [0.3, 0.4) is 0 Å². The minimum Gasteiger partial charge on any atom is -0.386 e. The molecule has 4 nitrogen and oxygen atoms in total. The number of benzene rings is 1. The summed E-state index contributed by atoms with van der Waals surface area (Å²) in [6.07, 6.45) is 1.85. The summed E-state index contributed by atoms with van der Waals surface area (Å²) in [5.41, 5.74) is 0.908. The fourth-order valence-corrected chi connectivity index (χ4v) is 2.28. The van der Waals surface area contributed by atoms with E-state index < -0.39 is 5.60 Å². The Hall–Kier alpha value is -1.81. The fraction of sp³-hybridized carbons (Fsp3) is 0.308. The van der Waals surface area contributed by atoms with Crippen LogP contribution in [-0.2, 0) is 0 Å². The standard InChI is InChI=1S/C13H14N2O2/c1-13(17)7-15(8-13)12(16)10-3-2-9-4-5-14-11(9)6-10/h2-6,14,17H,7-8H2,1H3. The molecule has 2 heterocycles. The molecule has 2 N–H and O–H groups in total. The average Bonchev–Trinajstić information content (AvgIpc) is 2.71. The zero-order chi connectivity index (χ0) is 12.0. The Morgan fingerprint density at radius 3 is 2.88 bits per heavy atom. The minimum atomic E-state index is -0.716. The fourth-order valence-electron chi connectivity index (χ4n) is 2.28. The number of aliphatic hydroxyl groups is 1. The summed E-state index contributed by atoms with van der Waals surface area (Å²) in [6, 6.07) is 7.57. The molecular weight excluding hydrogens is 216 g/mol. The van der Waals surface area contributed by atoms with Gasteiger partial charge in [-0.15, -0.1) is 0 Å². The lowest BCUT2D eigenvalue weighted by atomic mass is 9.96. The van der Waals surface area contributed by atoms with Gasteiger partial charge in [-0.05, 0) is 30.5 Å². The summed E-state index contributed by atoms with van der Waals surface area (Å²) in [5, 5.41) is 10.7. The second-order valence-electron chi connectivity index (χ2n) is 4.94. The summed E-state index contributed by atoms with van der Waals surface area (Å²) in [7, 11) is 0. The largest absolute Gasteiger partial charge is 0.386 e. The van der Waals surface area contributed by atoms with Crippen molar-refractivity contribution in [2.75, 3.05) is 13.1 Å². The molecule has 4 heteroatoms. The third-order valence-electron chi connectivity index (χ3n) is 3.15. The van der Waals surface area contributed by atoms with Crippen LogP contribution in [0.1, 0.15) is 17.3 Å². The van der Waals surface area contributed by atoms with Crippen LogP contribution in [0.25, 0.3) is 10.9 Å². The van der Waals surface area contributed by atoms with Crippen LogP contribution in [0.5, 0.6) is 0 Å². The van der Waals surface area contributed by atoms with E-state index in [4.69, 9.17) is 0 Å². The molecule has 3 rings (SSSR count). The number of nitrogens with one attached hydrogen (secondary N) is 1. The van der Waals surface area contributed by atoms with Gasteiger partial charge in [0.15, 0.2) is 0 Å². The highest BCUT2D eigenvalue weighted by Gasteiger charge is 2.39. The quantitative estimate of drug-likeness (QED) is 0.777. The van der Waals surface area contributed by atoms with Gasteiger partial charge >= 0.3 is 0 Å². The van der Waals surface area contributed by atoms with Crippen molar-refractivity contribution in [3.8, 4) is 0 Å². The van der Waals surface area contributed by atoms with E-state index in [1.165, 1.54) is 0 Å². The molecule has 1 saturated heterocycles. The smallest absolute Gasteiger partial charge is 0.254 e. The number of likely N-dealkylation sites (tertiary alicyclic amines) is 1. The SMILES string of the molecule is CC1(O)CN(C(=O)c2ccc3cc[nH]c3c2)C1. The highest BCUT2D eigenvalue weighted by atomic mass is 16.3. The van der Waals surface area contributed by atoms with E-state index in [-0.39, 0.29) is 5.91 Å². The third kappa shape index (κ3) is 1.70. The maximum atomic E-state index is 12.1. The van der Waals surface area contributed by atoms with Crippen molar-refractivity contribution in [2.45, 2.75) is 12.5 Å². The number of rotatable bonds is 1. The van der Waals surface area contributed by atoms with Crippen molar-refractivity contribution in [1.29, 1.82) is 0 Å². The summed E-state index contributed by atoms with van der Waals surface area (Å²) >= 11 is 0. The second kappa shape index (κ2) is 3.34. The summed E-state index contributed by atoms with van der Waals surface area (Å²) in [4.78, 5) is 16.8. The molecule has 2 aromatic rings. The van der Waals surface area contributed by atoms with Crippen molar-refractivity contribution >= 4 is 16.8 Å². The first-order valence-corrected chi connectivity index (χ1v) is 5.64. The van der Waals surface area contributed by atoms with E-state index >= 15 is 0 Å². The van der Waals surface area contributed by atoms with Gasteiger partial charge in [0.05, 0.1) is 18.7 Å². The molecule has 0 radical (unpaired) electrons. The first-order valence-electron chi connectivity index (χ1n) is 5.64. The lowest BCUT2D eigenvalue weighted by Gasteiger charge is -2.44. The Kier molecular flexibility index (Phi) is 2.03. The van der Waals surface area contributed by atoms with Gasteiger partial charge in [0.25, 0.3) is 5.91 Å².